The van der Waals surface area contributed by atoms with Crippen molar-refractivity contribution < 1.29 is 9.53 Å². The molecule has 0 aliphatic carbocycles. The average Bonchev–Trinajstić information content (AvgIpc) is 2.47. The van der Waals surface area contributed by atoms with Crippen molar-refractivity contribution in [2.75, 3.05) is 20.3 Å². The third-order valence-corrected chi connectivity index (χ3v) is 2.14. The standard InChI is InChI=1S/C10H19N3O2/c1-7(2)6-8-9(14)13-10(12-8)11-4-5-15-3/h7-8H,4-6H2,1-3H3,(H2,11,12,13,14). The Hall–Kier alpha value is -1.10. The summed E-state index contributed by atoms with van der Waals surface area (Å²) in [6.45, 7) is 5.31. The molecule has 0 spiro atoms. The largest absolute Gasteiger partial charge is 0.383 e. The zero-order chi connectivity index (χ0) is 11.3. The first-order valence-corrected chi connectivity index (χ1v) is 5.24. The molecule has 1 rings (SSSR count). The van der Waals surface area contributed by atoms with Crippen LogP contribution >= 0.6 is 0 Å². The monoisotopic (exact) mass is 213 g/mol. The maximum absolute atomic E-state index is 11.5. The summed E-state index contributed by atoms with van der Waals surface area (Å²) in [4.78, 5) is 15.6. The third kappa shape index (κ3) is 3.87. The summed E-state index contributed by atoms with van der Waals surface area (Å²) < 4.78 is 4.87. The number of hydrogen-bond donors (Lipinski definition) is 2. The van der Waals surface area contributed by atoms with E-state index in [0.717, 1.165) is 6.42 Å². The molecular formula is C10H19N3O2. The van der Waals surface area contributed by atoms with Crippen LogP contribution in [0.25, 0.3) is 0 Å². The van der Waals surface area contributed by atoms with Gasteiger partial charge in [0.15, 0.2) is 5.96 Å². The summed E-state index contributed by atoms with van der Waals surface area (Å²) in [5.74, 6) is 1.08. The van der Waals surface area contributed by atoms with Crippen molar-refractivity contribution in [2.24, 2.45) is 10.9 Å². The number of carbonyl (C=O) groups excluding carboxylic acids is 1. The first kappa shape index (κ1) is 12.0. The lowest BCUT2D eigenvalue weighted by Gasteiger charge is -2.09. The van der Waals surface area contributed by atoms with Crippen LogP contribution in [-0.2, 0) is 9.53 Å². The van der Waals surface area contributed by atoms with Crippen LogP contribution in [0.4, 0.5) is 0 Å². The van der Waals surface area contributed by atoms with Crippen molar-refractivity contribution in [3.05, 3.63) is 0 Å². The molecule has 1 fully saturated rings. The third-order valence-electron chi connectivity index (χ3n) is 2.14. The number of ether oxygens (including phenoxy) is 1. The summed E-state index contributed by atoms with van der Waals surface area (Å²) >= 11 is 0. The van der Waals surface area contributed by atoms with Crippen LogP contribution in [-0.4, -0.2) is 38.2 Å². The fraction of sp³-hybridized carbons (Fsp3) is 0.800. The number of rotatable bonds is 5. The Labute approximate surface area is 90.3 Å². The fourth-order valence-electron chi connectivity index (χ4n) is 1.44. The van der Waals surface area contributed by atoms with Gasteiger partial charge in [0.25, 0.3) is 0 Å². The van der Waals surface area contributed by atoms with E-state index in [4.69, 9.17) is 4.74 Å². The number of aliphatic imine (C=N–C) groups is 1. The quantitative estimate of drug-likeness (QED) is 0.638. The molecule has 1 saturated heterocycles. The molecule has 86 valence electrons. The van der Waals surface area contributed by atoms with Gasteiger partial charge in [-0.05, 0) is 12.3 Å². The van der Waals surface area contributed by atoms with E-state index in [1.807, 2.05) is 0 Å². The van der Waals surface area contributed by atoms with E-state index in [1.54, 1.807) is 7.11 Å². The smallest absolute Gasteiger partial charge is 0.249 e. The summed E-state index contributed by atoms with van der Waals surface area (Å²) in [5.41, 5.74) is 0. The molecule has 0 saturated carbocycles. The van der Waals surface area contributed by atoms with Gasteiger partial charge in [0.1, 0.15) is 6.04 Å². The molecule has 0 aromatic rings. The van der Waals surface area contributed by atoms with E-state index in [0.29, 0.717) is 25.0 Å². The van der Waals surface area contributed by atoms with Crippen molar-refractivity contribution in [3.8, 4) is 0 Å². The van der Waals surface area contributed by atoms with Crippen molar-refractivity contribution >= 4 is 11.9 Å². The predicted octanol–water partition coefficient (Wildman–Crippen LogP) is 0.123. The molecular weight excluding hydrogens is 194 g/mol. The molecule has 0 aromatic heterocycles. The Morgan fingerprint density at radius 3 is 2.87 bits per heavy atom. The van der Waals surface area contributed by atoms with Crippen LogP contribution < -0.4 is 10.6 Å². The lowest BCUT2D eigenvalue weighted by molar-refractivity contribution is -0.120. The second kappa shape index (κ2) is 5.70. The lowest BCUT2D eigenvalue weighted by Crippen LogP contribution is -2.30. The maximum Gasteiger partial charge on any atom is 0.249 e. The Morgan fingerprint density at radius 1 is 1.53 bits per heavy atom. The highest BCUT2D eigenvalue weighted by atomic mass is 16.5. The topological polar surface area (TPSA) is 62.7 Å². The van der Waals surface area contributed by atoms with Crippen LogP contribution in [0.3, 0.4) is 0 Å². The van der Waals surface area contributed by atoms with Crippen LogP contribution in [0.15, 0.2) is 4.99 Å². The second-order valence-electron chi connectivity index (χ2n) is 4.04. The minimum Gasteiger partial charge on any atom is -0.383 e. The Morgan fingerprint density at radius 2 is 2.27 bits per heavy atom. The fourth-order valence-corrected chi connectivity index (χ4v) is 1.44. The van der Waals surface area contributed by atoms with Crippen LogP contribution in [0.1, 0.15) is 20.3 Å². The van der Waals surface area contributed by atoms with Gasteiger partial charge in [-0.25, -0.2) is 0 Å². The minimum atomic E-state index is -0.133. The van der Waals surface area contributed by atoms with Crippen LogP contribution in [0.5, 0.6) is 0 Å². The molecule has 1 aliphatic rings. The van der Waals surface area contributed by atoms with Crippen molar-refractivity contribution in [2.45, 2.75) is 26.3 Å². The average molecular weight is 213 g/mol. The SMILES string of the molecule is COCCN=C1NC(=O)C(CC(C)C)N1. The number of carbonyl (C=O) groups is 1. The van der Waals surface area contributed by atoms with Crippen LogP contribution in [0.2, 0.25) is 0 Å². The minimum absolute atomic E-state index is 0.0138. The van der Waals surface area contributed by atoms with E-state index in [1.165, 1.54) is 0 Å². The molecule has 5 nitrogen and oxygen atoms in total. The molecule has 1 unspecified atom stereocenters. The van der Waals surface area contributed by atoms with E-state index >= 15 is 0 Å². The molecule has 1 atom stereocenters. The van der Waals surface area contributed by atoms with Gasteiger partial charge in [0.05, 0.1) is 13.2 Å². The molecule has 2 N–H and O–H groups in total. The molecule has 15 heavy (non-hydrogen) atoms. The van der Waals surface area contributed by atoms with Gasteiger partial charge in [-0.1, -0.05) is 13.8 Å². The Kier molecular flexibility index (Phi) is 4.55. The number of amides is 1. The van der Waals surface area contributed by atoms with Gasteiger partial charge in [0, 0.05) is 7.11 Å². The second-order valence-corrected chi connectivity index (χ2v) is 4.04. The Bertz CT molecular complexity index is 251. The summed E-state index contributed by atoms with van der Waals surface area (Å²) in [6, 6.07) is -0.133. The van der Waals surface area contributed by atoms with E-state index in [-0.39, 0.29) is 11.9 Å². The van der Waals surface area contributed by atoms with E-state index < -0.39 is 0 Å². The number of methoxy groups -OCH3 is 1. The van der Waals surface area contributed by atoms with Crippen molar-refractivity contribution in [3.63, 3.8) is 0 Å². The first-order chi connectivity index (χ1) is 7.13. The maximum atomic E-state index is 11.5. The van der Waals surface area contributed by atoms with Gasteiger partial charge in [-0.15, -0.1) is 0 Å². The summed E-state index contributed by atoms with van der Waals surface area (Å²) in [7, 11) is 1.63. The number of nitrogens with one attached hydrogen (secondary N) is 2. The highest BCUT2D eigenvalue weighted by Gasteiger charge is 2.28. The summed E-state index contributed by atoms with van der Waals surface area (Å²) in [5, 5.41) is 5.78. The number of nitrogens with zero attached hydrogens (tertiary/aromatic N) is 1. The summed E-state index contributed by atoms with van der Waals surface area (Å²) in [6.07, 6.45) is 0.829. The highest BCUT2D eigenvalue weighted by molar-refractivity contribution is 6.06. The normalized spacial score (nSPS) is 23.3. The lowest BCUT2D eigenvalue weighted by atomic mass is 10.0. The van der Waals surface area contributed by atoms with Gasteiger partial charge in [-0.2, -0.15) is 0 Å². The molecule has 1 heterocycles. The van der Waals surface area contributed by atoms with E-state index in [9.17, 15) is 4.79 Å². The van der Waals surface area contributed by atoms with Crippen molar-refractivity contribution in [1.82, 2.24) is 10.6 Å². The Balaban J connectivity index is 2.41. The van der Waals surface area contributed by atoms with Gasteiger partial charge in [-0.3, -0.25) is 15.1 Å². The van der Waals surface area contributed by atoms with Gasteiger partial charge >= 0.3 is 0 Å². The molecule has 0 aromatic carbocycles. The highest BCUT2D eigenvalue weighted by Crippen LogP contribution is 2.07. The zero-order valence-electron chi connectivity index (χ0n) is 9.54. The van der Waals surface area contributed by atoms with Crippen LogP contribution in [0, 0.1) is 5.92 Å². The number of guanidine groups is 1. The first-order valence-electron chi connectivity index (χ1n) is 5.24. The molecule has 1 amide bonds. The van der Waals surface area contributed by atoms with Crippen molar-refractivity contribution in [1.29, 1.82) is 0 Å². The van der Waals surface area contributed by atoms with E-state index in [2.05, 4.69) is 29.5 Å². The molecule has 0 bridgehead atoms. The molecule has 0 radical (unpaired) electrons. The molecule has 5 heteroatoms. The molecule has 1 aliphatic heterocycles. The van der Waals surface area contributed by atoms with Gasteiger partial charge in [0.2, 0.25) is 5.91 Å². The predicted molar refractivity (Wildman–Crippen MR) is 58.7 cm³/mol. The van der Waals surface area contributed by atoms with Gasteiger partial charge < -0.3 is 10.1 Å². The number of hydrogen-bond acceptors (Lipinski definition) is 3. The zero-order valence-corrected chi connectivity index (χ0v) is 9.54.